The van der Waals surface area contributed by atoms with Crippen LogP contribution in [0.25, 0.3) is 0 Å². The van der Waals surface area contributed by atoms with Crippen molar-refractivity contribution >= 4 is 24.0 Å². The van der Waals surface area contributed by atoms with Crippen LogP contribution in [0, 0.1) is 0 Å². The standard InChI is InChI=1S/C18H27N3O3.ClH/c1-23-15-10-14(11-16(12-15)24-2)20-13-5-8-21(9-6-13)18(22)17-4-3-7-19-17;/h10-13,17,19-20H,3-9H2,1-2H3;1H/t17-;/m0./s1. The highest BCUT2D eigenvalue weighted by Crippen LogP contribution is 2.27. The number of likely N-dealkylation sites (tertiary alicyclic amines) is 1. The second-order valence-electron chi connectivity index (χ2n) is 6.49. The minimum Gasteiger partial charge on any atom is -0.497 e. The third-order valence-electron chi connectivity index (χ3n) is 4.89. The molecule has 2 saturated heterocycles. The Labute approximate surface area is 155 Å². The molecule has 2 fully saturated rings. The molecule has 25 heavy (non-hydrogen) atoms. The van der Waals surface area contributed by atoms with Crippen molar-refractivity contribution in [3.8, 4) is 11.5 Å². The van der Waals surface area contributed by atoms with E-state index in [9.17, 15) is 4.79 Å². The van der Waals surface area contributed by atoms with Gasteiger partial charge < -0.3 is 25.0 Å². The van der Waals surface area contributed by atoms with Crippen molar-refractivity contribution in [3.63, 3.8) is 0 Å². The van der Waals surface area contributed by atoms with E-state index < -0.39 is 0 Å². The molecule has 0 saturated carbocycles. The second kappa shape index (κ2) is 9.15. The Morgan fingerprint density at radius 3 is 2.28 bits per heavy atom. The van der Waals surface area contributed by atoms with Gasteiger partial charge in [-0.1, -0.05) is 0 Å². The van der Waals surface area contributed by atoms with Crippen LogP contribution in [0.5, 0.6) is 11.5 Å². The van der Waals surface area contributed by atoms with E-state index in [1.165, 1.54) is 0 Å². The number of carbonyl (C=O) groups excluding carboxylic acids is 1. The first-order valence-electron chi connectivity index (χ1n) is 8.71. The van der Waals surface area contributed by atoms with Crippen LogP contribution in [0.15, 0.2) is 18.2 Å². The lowest BCUT2D eigenvalue weighted by Crippen LogP contribution is -2.48. The van der Waals surface area contributed by atoms with Gasteiger partial charge in [0.1, 0.15) is 11.5 Å². The van der Waals surface area contributed by atoms with Gasteiger partial charge in [-0.25, -0.2) is 0 Å². The zero-order valence-corrected chi connectivity index (χ0v) is 15.7. The van der Waals surface area contributed by atoms with E-state index in [2.05, 4.69) is 10.6 Å². The van der Waals surface area contributed by atoms with Crippen LogP contribution in [0.4, 0.5) is 5.69 Å². The van der Waals surface area contributed by atoms with Gasteiger partial charge in [0, 0.05) is 43.0 Å². The first-order valence-corrected chi connectivity index (χ1v) is 8.71. The van der Waals surface area contributed by atoms with Crippen molar-refractivity contribution in [1.29, 1.82) is 0 Å². The van der Waals surface area contributed by atoms with Crippen LogP contribution in [0.3, 0.4) is 0 Å². The molecule has 0 radical (unpaired) electrons. The Bertz CT molecular complexity index is 548. The maximum absolute atomic E-state index is 12.4. The topological polar surface area (TPSA) is 62.8 Å². The smallest absolute Gasteiger partial charge is 0.239 e. The van der Waals surface area contributed by atoms with Gasteiger partial charge in [-0.15, -0.1) is 12.4 Å². The van der Waals surface area contributed by atoms with E-state index >= 15 is 0 Å². The molecule has 140 valence electrons. The molecular formula is C18H28ClN3O3. The predicted octanol–water partition coefficient (Wildman–Crippen LogP) is 2.28. The van der Waals surface area contributed by atoms with Gasteiger partial charge in [0.25, 0.3) is 0 Å². The van der Waals surface area contributed by atoms with Gasteiger partial charge in [0.05, 0.1) is 20.3 Å². The van der Waals surface area contributed by atoms with Gasteiger partial charge in [0.2, 0.25) is 5.91 Å². The highest BCUT2D eigenvalue weighted by atomic mass is 35.5. The summed E-state index contributed by atoms with van der Waals surface area (Å²) < 4.78 is 10.6. The summed E-state index contributed by atoms with van der Waals surface area (Å²) in [5.41, 5.74) is 0.994. The number of nitrogens with one attached hydrogen (secondary N) is 2. The predicted molar refractivity (Wildman–Crippen MR) is 101 cm³/mol. The lowest BCUT2D eigenvalue weighted by atomic mass is 10.0. The maximum atomic E-state index is 12.4. The largest absolute Gasteiger partial charge is 0.497 e. The van der Waals surface area contributed by atoms with Crippen LogP contribution in [0.1, 0.15) is 25.7 Å². The van der Waals surface area contributed by atoms with E-state index in [1.54, 1.807) is 14.2 Å². The van der Waals surface area contributed by atoms with Gasteiger partial charge in [-0.05, 0) is 32.2 Å². The molecule has 0 unspecified atom stereocenters. The molecule has 1 atom stereocenters. The minimum atomic E-state index is 0. The van der Waals surface area contributed by atoms with Gasteiger partial charge >= 0.3 is 0 Å². The molecule has 0 aliphatic carbocycles. The van der Waals surface area contributed by atoms with Crippen LogP contribution in [-0.4, -0.2) is 56.7 Å². The molecule has 2 N–H and O–H groups in total. The summed E-state index contributed by atoms with van der Waals surface area (Å²) in [6.45, 7) is 2.59. The summed E-state index contributed by atoms with van der Waals surface area (Å²) in [7, 11) is 3.30. The SMILES string of the molecule is COc1cc(NC2CCN(C(=O)[C@@H]3CCCN3)CC2)cc(OC)c1.Cl. The fraction of sp³-hybridized carbons (Fsp3) is 0.611. The van der Waals surface area contributed by atoms with Crippen molar-refractivity contribution in [3.05, 3.63) is 18.2 Å². The third kappa shape index (κ3) is 4.92. The molecule has 1 aromatic carbocycles. The molecule has 3 rings (SSSR count). The second-order valence-corrected chi connectivity index (χ2v) is 6.49. The fourth-order valence-corrected chi connectivity index (χ4v) is 3.49. The number of ether oxygens (including phenoxy) is 2. The van der Waals surface area contributed by atoms with Crippen LogP contribution < -0.4 is 20.1 Å². The highest BCUT2D eigenvalue weighted by Gasteiger charge is 2.29. The number of hydrogen-bond acceptors (Lipinski definition) is 5. The lowest BCUT2D eigenvalue weighted by molar-refractivity contribution is -0.134. The summed E-state index contributed by atoms with van der Waals surface area (Å²) in [5, 5.41) is 6.84. The zero-order valence-electron chi connectivity index (χ0n) is 14.9. The van der Waals surface area contributed by atoms with Crippen LogP contribution >= 0.6 is 12.4 Å². The summed E-state index contributed by atoms with van der Waals surface area (Å²) in [6, 6.07) is 6.21. The van der Waals surface area contributed by atoms with Gasteiger partial charge in [-0.2, -0.15) is 0 Å². The van der Waals surface area contributed by atoms with Crippen molar-refractivity contribution in [2.24, 2.45) is 0 Å². The Balaban J connectivity index is 0.00000225. The summed E-state index contributed by atoms with van der Waals surface area (Å²) in [5.74, 6) is 1.82. The quantitative estimate of drug-likeness (QED) is 0.833. The van der Waals surface area contributed by atoms with Gasteiger partial charge in [0.15, 0.2) is 0 Å². The van der Waals surface area contributed by atoms with E-state index in [-0.39, 0.29) is 24.4 Å². The molecule has 1 amide bonds. The van der Waals surface area contributed by atoms with E-state index in [0.29, 0.717) is 6.04 Å². The average Bonchev–Trinajstić information content (AvgIpc) is 3.16. The molecular weight excluding hydrogens is 342 g/mol. The molecule has 0 bridgehead atoms. The Morgan fingerprint density at radius 2 is 1.76 bits per heavy atom. The van der Waals surface area contributed by atoms with Crippen molar-refractivity contribution < 1.29 is 14.3 Å². The number of hydrogen-bond donors (Lipinski definition) is 2. The molecule has 1 aromatic rings. The van der Waals surface area contributed by atoms with E-state index in [0.717, 1.165) is 62.5 Å². The van der Waals surface area contributed by atoms with Crippen LogP contribution in [-0.2, 0) is 4.79 Å². The molecule has 0 aromatic heterocycles. The van der Waals surface area contributed by atoms with E-state index in [4.69, 9.17) is 9.47 Å². The van der Waals surface area contributed by atoms with Crippen molar-refractivity contribution in [2.45, 2.75) is 37.8 Å². The van der Waals surface area contributed by atoms with Crippen molar-refractivity contribution in [1.82, 2.24) is 10.2 Å². The minimum absolute atomic E-state index is 0. The molecule has 2 heterocycles. The number of amides is 1. The number of carbonyl (C=O) groups is 1. The number of anilines is 1. The number of methoxy groups -OCH3 is 2. The zero-order chi connectivity index (χ0) is 16.9. The molecule has 0 spiro atoms. The molecule has 6 nitrogen and oxygen atoms in total. The molecule has 2 aliphatic rings. The number of halogens is 1. The lowest BCUT2D eigenvalue weighted by Gasteiger charge is -2.34. The van der Waals surface area contributed by atoms with E-state index in [1.807, 2.05) is 23.1 Å². The monoisotopic (exact) mass is 369 g/mol. The molecule has 7 heteroatoms. The summed E-state index contributed by atoms with van der Waals surface area (Å²) in [6.07, 6.45) is 3.99. The first-order chi connectivity index (χ1) is 11.7. The Hall–Kier alpha value is -1.66. The average molecular weight is 370 g/mol. The Morgan fingerprint density at radius 1 is 1.12 bits per heavy atom. The third-order valence-corrected chi connectivity index (χ3v) is 4.89. The highest BCUT2D eigenvalue weighted by molar-refractivity contribution is 5.85. The first kappa shape index (κ1) is 19.7. The normalized spacial score (nSPS) is 20.7. The summed E-state index contributed by atoms with van der Waals surface area (Å²) in [4.78, 5) is 14.4. The summed E-state index contributed by atoms with van der Waals surface area (Å²) >= 11 is 0. The number of benzene rings is 1. The maximum Gasteiger partial charge on any atom is 0.239 e. The van der Waals surface area contributed by atoms with Gasteiger partial charge in [-0.3, -0.25) is 4.79 Å². The number of nitrogens with zero attached hydrogens (tertiary/aromatic N) is 1. The molecule has 2 aliphatic heterocycles. The Kier molecular flexibility index (Phi) is 7.20. The van der Waals surface area contributed by atoms with Crippen molar-refractivity contribution in [2.75, 3.05) is 39.2 Å². The van der Waals surface area contributed by atoms with Crippen LogP contribution in [0.2, 0.25) is 0 Å². The fourth-order valence-electron chi connectivity index (χ4n) is 3.49. The number of piperidine rings is 1. The number of rotatable bonds is 5.